The average molecular weight is 428 g/mol. The van der Waals surface area contributed by atoms with E-state index in [9.17, 15) is 13.2 Å². The van der Waals surface area contributed by atoms with Crippen LogP contribution >= 0.6 is 0 Å². The molecule has 1 saturated heterocycles. The molecule has 0 saturated carbocycles. The predicted octanol–water partition coefficient (Wildman–Crippen LogP) is 2.03. The van der Waals surface area contributed by atoms with E-state index in [0.717, 1.165) is 16.6 Å². The Morgan fingerprint density at radius 3 is 2.63 bits per heavy atom. The van der Waals surface area contributed by atoms with Crippen LogP contribution < -0.4 is 5.32 Å². The SMILES string of the molecule is CS(=O)(=O)N1CCC(C(=O)N[C@H](Cc2ccccc2)c2[nH]nc3ncccc23)CC1. The standard InChI is InChI=1S/C21H25N5O3S/c1-30(28,29)26-12-9-16(10-13-26)21(27)23-18(14-15-6-3-2-4-7-15)19-17-8-5-11-22-20(17)25-24-19/h2-8,11,16,18H,9-10,12-14H2,1H3,(H,23,27)(H,22,24,25)/t18-/m1/s1. The minimum atomic E-state index is -3.22. The number of nitrogens with one attached hydrogen (secondary N) is 2. The molecule has 8 nitrogen and oxygen atoms in total. The summed E-state index contributed by atoms with van der Waals surface area (Å²) >= 11 is 0. The Morgan fingerprint density at radius 1 is 1.20 bits per heavy atom. The third-order valence-electron chi connectivity index (χ3n) is 5.60. The van der Waals surface area contributed by atoms with Crippen molar-refractivity contribution in [2.75, 3.05) is 19.3 Å². The van der Waals surface area contributed by atoms with Gasteiger partial charge in [-0.3, -0.25) is 9.89 Å². The van der Waals surface area contributed by atoms with Gasteiger partial charge < -0.3 is 5.32 Å². The number of hydrogen-bond acceptors (Lipinski definition) is 5. The van der Waals surface area contributed by atoms with E-state index in [1.807, 2.05) is 42.5 Å². The van der Waals surface area contributed by atoms with E-state index in [4.69, 9.17) is 0 Å². The third kappa shape index (κ3) is 4.52. The van der Waals surface area contributed by atoms with E-state index in [-0.39, 0.29) is 17.9 Å². The number of carbonyl (C=O) groups excluding carboxylic acids is 1. The molecular formula is C21H25N5O3S. The van der Waals surface area contributed by atoms with Crippen LogP contribution in [0.3, 0.4) is 0 Å². The molecule has 1 aromatic carbocycles. The van der Waals surface area contributed by atoms with Gasteiger partial charge in [0.1, 0.15) is 0 Å². The van der Waals surface area contributed by atoms with E-state index in [0.29, 0.717) is 38.0 Å². The zero-order chi connectivity index (χ0) is 21.1. The molecule has 0 aliphatic carbocycles. The number of hydrogen-bond donors (Lipinski definition) is 2. The largest absolute Gasteiger partial charge is 0.347 e. The highest BCUT2D eigenvalue weighted by molar-refractivity contribution is 7.88. The third-order valence-corrected chi connectivity index (χ3v) is 6.90. The summed E-state index contributed by atoms with van der Waals surface area (Å²) in [5.41, 5.74) is 2.53. The lowest BCUT2D eigenvalue weighted by Crippen LogP contribution is -2.43. The number of carbonyl (C=O) groups is 1. The van der Waals surface area contributed by atoms with Gasteiger partial charge in [0, 0.05) is 30.6 Å². The van der Waals surface area contributed by atoms with E-state index in [1.165, 1.54) is 10.6 Å². The van der Waals surface area contributed by atoms with Crippen molar-refractivity contribution in [3.05, 3.63) is 59.9 Å². The van der Waals surface area contributed by atoms with Crippen LogP contribution in [0.15, 0.2) is 48.7 Å². The molecular weight excluding hydrogens is 402 g/mol. The number of piperidine rings is 1. The maximum atomic E-state index is 13.1. The van der Waals surface area contributed by atoms with Gasteiger partial charge in [0.25, 0.3) is 0 Å². The summed E-state index contributed by atoms with van der Waals surface area (Å²) in [5.74, 6) is -0.274. The van der Waals surface area contributed by atoms with Gasteiger partial charge in [-0.05, 0) is 37.0 Å². The first kappa shape index (κ1) is 20.5. The maximum Gasteiger partial charge on any atom is 0.223 e. The maximum absolute atomic E-state index is 13.1. The smallest absolute Gasteiger partial charge is 0.223 e. The quantitative estimate of drug-likeness (QED) is 0.626. The molecule has 2 N–H and O–H groups in total. The minimum absolute atomic E-state index is 0.0595. The molecule has 0 unspecified atom stereocenters. The van der Waals surface area contributed by atoms with Crippen LogP contribution in [0, 0.1) is 5.92 Å². The van der Waals surface area contributed by atoms with Gasteiger partial charge in [-0.25, -0.2) is 17.7 Å². The summed E-state index contributed by atoms with van der Waals surface area (Å²) < 4.78 is 24.9. The Balaban J connectivity index is 1.54. The van der Waals surface area contributed by atoms with Crippen LogP contribution in [0.4, 0.5) is 0 Å². The zero-order valence-electron chi connectivity index (χ0n) is 16.8. The molecule has 3 heterocycles. The fraction of sp³-hybridized carbons (Fsp3) is 0.381. The molecule has 158 valence electrons. The highest BCUT2D eigenvalue weighted by atomic mass is 32.2. The minimum Gasteiger partial charge on any atom is -0.347 e. The van der Waals surface area contributed by atoms with Crippen molar-refractivity contribution in [1.82, 2.24) is 24.8 Å². The van der Waals surface area contributed by atoms with Gasteiger partial charge in [-0.2, -0.15) is 5.10 Å². The topological polar surface area (TPSA) is 108 Å². The van der Waals surface area contributed by atoms with E-state index in [1.54, 1.807) is 6.20 Å². The van der Waals surface area contributed by atoms with Gasteiger partial charge in [0.15, 0.2) is 5.65 Å². The molecule has 30 heavy (non-hydrogen) atoms. The predicted molar refractivity (Wildman–Crippen MR) is 114 cm³/mol. The summed E-state index contributed by atoms with van der Waals surface area (Å²) in [7, 11) is -3.22. The number of H-pyrrole nitrogens is 1. The van der Waals surface area contributed by atoms with Crippen LogP contribution in [0.5, 0.6) is 0 Å². The van der Waals surface area contributed by atoms with Gasteiger partial charge in [-0.1, -0.05) is 30.3 Å². The molecule has 9 heteroatoms. The summed E-state index contributed by atoms with van der Waals surface area (Å²) in [4.78, 5) is 17.3. The molecule has 0 bridgehead atoms. The molecule has 4 rings (SSSR count). The molecule has 3 aromatic rings. The molecule has 2 aromatic heterocycles. The Morgan fingerprint density at radius 2 is 1.93 bits per heavy atom. The van der Waals surface area contributed by atoms with Crippen molar-refractivity contribution in [2.45, 2.75) is 25.3 Å². The number of benzene rings is 1. The second-order valence-corrected chi connectivity index (χ2v) is 9.68. The lowest BCUT2D eigenvalue weighted by atomic mass is 9.95. The molecule has 1 fully saturated rings. The molecule has 0 spiro atoms. The van der Waals surface area contributed by atoms with Crippen LogP contribution in [0.2, 0.25) is 0 Å². The highest BCUT2D eigenvalue weighted by Crippen LogP contribution is 2.26. The number of sulfonamides is 1. The number of pyridine rings is 1. The summed E-state index contributed by atoms with van der Waals surface area (Å²) in [6.45, 7) is 0.744. The highest BCUT2D eigenvalue weighted by Gasteiger charge is 2.30. The Labute approximate surface area is 175 Å². The number of fused-ring (bicyclic) bond motifs is 1. The van der Waals surface area contributed by atoms with Crippen molar-refractivity contribution < 1.29 is 13.2 Å². The number of nitrogens with zero attached hydrogens (tertiary/aromatic N) is 3. The summed E-state index contributed by atoms with van der Waals surface area (Å²) in [6, 6.07) is 13.5. The van der Waals surface area contributed by atoms with E-state index < -0.39 is 10.0 Å². The van der Waals surface area contributed by atoms with Gasteiger partial charge >= 0.3 is 0 Å². The van der Waals surface area contributed by atoms with Gasteiger partial charge in [0.05, 0.1) is 18.0 Å². The Kier molecular flexibility index (Phi) is 5.83. The number of rotatable bonds is 6. The van der Waals surface area contributed by atoms with Crippen LogP contribution in [0.25, 0.3) is 11.0 Å². The normalized spacial score (nSPS) is 17.1. The molecule has 1 atom stereocenters. The first-order chi connectivity index (χ1) is 14.4. The Hall–Kier alpha value is -2.78. The summed E-state index contributed by atoms with van der Waals surface area (Å²) in [5, 5.41) is 11.4. The van der Waals surface area contributed by atoms with Crippen molar-refractivity contribution in [3.8, 4) is 0 Å². The van der Waals surface area contributed by atoms with Crippen molar-refractivity contribution in [1.29, 1.82) is 0 Å². The number of aromatic nitrogens is 3. The van der Waals surface area contributed by atoms with Crippen molar-refractivity contribution in [2.24, 2.45) is 5.92 Å². The second-order valence-electron chi connectivity index (χ2n) is 7.70. The average Bonchev–Trinajstić information content (AvgIpc) is 3.17. The van der Waals surface area contributed by atoms with Crippen LogP contribution in [-0.4, -0.2) is 53.2 Å². The second kappa shape index (κ2) is 8.53. The first-order valence-electron chi connectivity index (χ1n) is 10.0. The van der Waals surface area contributed by atoms with Crippen molar-refractivity contribution in [3.63, 3.8) is 0 Å². The monoisotopic (exact) mass is 427 g/mol. The summed E-state index contributed by atoms with van der Waals surface area (Å²) in [6.07, 6.45) is 4.54. The zero-order valence-corrected chi connectivity index (χ0v) is 17.6. The van der Waals surface area contributed by atoms with E-state index in [2.05, 4.69) is 20.5 Å². The molecule has 1 aliphatic rings. The fourth-order valence-electron chi connectivity index (χ4n) is 3.95. The van der Waals surface area contributed by atoms with Crippen LogP contribution in [0.1, 0.15) is 30.1 Å². The number of amides is 1. The van der Waals surface area contributed by atoms with Gasteiger partial charge in [-0.15, -0.1) is 0 Å². The lowest BCUT2D eigenvalue weighted by molar-refractivity contribution is -0.126. The van der Waals surface area contributed by atoms with Crippen LogP contribution in [-0.2, 0) is 21.2 Å². The van der Waals surface area contributed by atoms with Crippen molar-refractivity contribution >= 4 is 27.0 Å². The molecule has 0 radical (unpaired) electrons. The van der Waals surface area contributed by atoms with E-state index >= 15 is 0 Å². The first-order valence-corrected chi connectivity index (χ1v) is 11.8. The van der Waals surface area contributed by atoms with Gasteiger partial charge in [0.2, 0.25) is 15.9 Å². The lowest BCUT2D eigenvalue weighted by Gasteiger charge is -2.30. The molecule has 1 amide bonds. The molecule has 1 aliphatic heterocycles. The number of aromatic amines is 1. The fourth-order valence-corrected chi connectivity index (χ4v) is 4.82. The Bertz CT molecular complexity index is 1120.